The van der Waals surface area contributed by atoms with Gasteiger partial charge < -0.3 is 10.2 Å². The Balaban J connectivity index is 1.74. The Morgan fingerprint density at radius 1 is 0.971 bits per heavy atom. The fourth-order valence-electron chi connectivity index (χ4n) is 5.47. The highest BCUT2D eigenvalue weighted by atomic mass is 32.2. The van der Waals surface area contributed by atoms with Gasteiger partial charge in [0.2, 0.25) is 15.9 Å². The zero-order chi connectivity index (χ0) is 26.2. The number of aryl methyl sites for hydroxylation is 3. The SMILES string of the molecule is Cc1cc(C)c(S(=O)(=O)NCC2CCC(C(=O)NCCCN(CC(C)C)CC(C)C)CC2)c(C)c1. The summed E-state index contributed by atoms with van der Waals surface area (Å²) in [5.74, 6) is 1.78. The highest BCUT2D eigenvalue weighted by Crippen LogP contribution is 2.29. The first-order valence-corrected chi connectivity index (χ1v) is 14.9. The average Bonchev–Trinajstić information content (AvgIpc) is 2.73. The van der Waals surface area contributed by atoms with Crippen LogP contribution in [-0.2, 0) is 14.8 Å². The van der Waals surface area contributed by atoms with Crippen LogP contribution in [0.4, 0.5) is 0 Å². The number of benzene rings is 1. The summed E-state index contributed by atoms with van der Waals surface area (Å²) in [4.78, 5) is 15.6. The summed E-state index contributed by atoms with van der Waals surface area (Å²) in [5, 5.41) is 3.15. The molecule has 1 aliphatic carbocycles. The van der Waals surface area contributed by atoms with E-state index in [0.717, 1.165) is 75.0 Å². The van der Waals surface area contributed by atoms with Crippen molar-refractivity contribution < 1.29 is 13.2 Å². The summed E-state index contributed by atoms with van der Waals surface area (Å²) < 4.78 is 28.7. The van der Waals surface area contributed by atoms with Gasteiger partial charge in [0.1, 0.15) is 0 Å². The van der Waals surface area contributed by atoms with Crippen molar-refractivity contribution in [1.29, 1.82) is 0 Å². The lowest BCUT2D eigenvalue weighted by Gasteiger charge is -2.28. The van der Waals surface area contributed by atoms with E-state index in [2.05, 4.69) is 42.6 Å². The van der Waals surface area contributed by atoms with Crippen LogP contribution in [0.5, 0.6) is 0 Å². The third-order valence-corrected chi connectivity index (χ3v) is 8.58. The van der Waals surface area contributed by atoms with Crippen LogP contribution in [0.3, 0.4) is 0 Å². The molecule has 0 aromatic heterocycles. The number of nitrogens with zero attached hydrogens (tertiary/aromatic N) is 1. The topological polar surface area (TPSA) is 78.5 Å². The van der Waals surface area contributed by atoms with Crippen molar-refractivity contribution in [2.24, 2.45) is 23.7 Å². The maximum absolute atomic E-state index is 12.9. The molecular weight excluding hydrogens is 458 g/mol. The van der Waals surface area contributed by atoms with Gasteiger partial charge in [0.25, 0.3) is 0 Å². The van der Waals surface area contributed by atoms with Crippen LogP contribution in [0.15, 0.2) is 17.0 Å². The van der Waals surface area contributed by atoms with Gasteiger partial charge in [-0.1, -0.05) is 45.4 Å². The third kappa shape index (κ3) is 9.85. The highest BCUT2D eigenvalue weighted by Gasteiger charge is 2.28. The lowest BCUT2D eigenvalue weighted by molar-refractivity contribution is -0.126. The smallest absolute Gasteiger partial charge is 0.241 e. The summed E-state index contributed by atoms with van der Waals surface area (Å²) in [6.07, 6.45) is 4.38. The molecule has 0 saturated heterocycles. The predicted octanol–water partition coefficient (Wildman–Crippen LogP) is 4.82. The van der Waals surface area contributed by atoms with Crippen LogP contribution in [-0.4, -0.2) is 51.9 Å². The molecule has 1 aromatic carbocycles. The van der Waals surface area contributed by atoms with Crippen molar-refractivity contribution in [3.63, 3.8) is 0 Å². The zero-order valence-electron chi connectivity index (χ0n) is 23.1. The Morgan fingerprint density at radius 2 is 1.51 bits per heavy atom. The van der Waals surface area contributed by atoms with E-state index in [4.69, 9.17) is 0 Å². The molecular formula is C28H49N3O3S. The van der Waals surface area contributed by atoms with Crippen molar-refractivity contribution in [1.82, 2.24) is 14.9 Å². The third-order valence-electron chi connectivity index (χ3n) is 6.85. The second-order valence-corrected chi connectivity index (χ2v) is 13.2. The number of hydrogen-bond donors (Lipinski definition) is 2. The number of nitrogens with one attached hydrogen (secondary N) is 2. The van der Waals surface area contributed by atoms with Crippen LogP contribution in [0, 0.1) is 44.4 Å². The van der Waals surface area contributed by atoms with Gasteiger partial charge >= 0.3 is 0 Å². The quantitative estimate of drug-likeness (QED) is 0.375. The van der Waals surface area contributed by atoms with Gasteiger partial charge in [0.05, 0.1) is 4.90 Å². The number of rotatable bonds is 13. The number of amides is 1. The summed E-state index contributed by atoms with van der Waals surface area (Å²) in [7, 11) is -3.54. The lowest BCUT2D eigenvalue weighted by Crippen LogP contribution is -2.38. The Bertz CT molecular complexity index is 886. The second-order valence-electron chi connectivity index (χ2n) is 11.5. The fourth-order valence-corrected chi connectivity index (χ4v) is 7.03. The molecule has 1 fully saturated rings. The second kappa shape index (κ2) is 13.8. The van der Waals surface area contributed by atoms with E-state index in [-0.39, 0.29) is 17.7 Å². The van der Waals surface area contributed by atoms with Gasteiger partial charge in [-0.05, 0) is 88.3 Å². The van der Waals surface area contributed by atoms with E-state index in [9.17, 15) is 13.2 Å². The molecule has 0 atom stereocenters. The largest absolute Gasteiger partial charge is 0.356 e. The fraction of sp³-hybridized carbons (Fsp3) is 0.750. The molecule has 0 heterocycles. The summed E-state index contributed by atoms with van der Waals surface area (Å²) in [5.41, 5.74) is 2.64. The Kier molecular flexibility index (Phi) is 11.7. The Labute approximate surface area is 214 Å². The number of hydrogen-bond acceptors (Lipinski definition) is 4. The van der Waals surface area contributed by atoms with Gasteiger partial charge in [0, 0.05) is 32.1 Å². The molecule has 2 N–H and O–H groups in total. The van der Waals surface area contributed by atoms with E-state index < -0.39 is 10.0 Å². The molecule has 2 rings (SSSR count). The van der Waals surface area contributed by atoms with Gasteiger partial charge in [-0.15, -0.1) is 0 Å². The van der Waals surface area contributed by atoms with Gasteiger partial charge in [-0.25, -0.2) is 13.1 Å². The molecule has 1 amide bonds. The van der Waals surface area contributed by atoms with Crippen LogP contribution >= 0.6 is 0 Å². The van der Waals surface area contributed by atoms with Crippen molar-refractivity contribution in [3.8, 4) is 0 Å². The van der Waals surface area contributed by atoms with E-state index in [1.54, 1.807) is 0 Å². The van der Waals surface area contributed by atoms with E-state index in [0.29, 0.717) is 23.3 Å². The van der Waals surface area contributed by atoms with Gasteiger partial charge in [0.15, 0.2) is 0 Å². The number of sulfonamides is 1. The standard InChI is InChI=1S/C28H49N3O3S/c1-20(2)18-31(19-21(3)4)14-8-13-29-28(32)26-11-9-25(10-12-26)17-30-35(33,34)27-23(6)15-22(5)16-24(27)7/h15-16,20-21,25-26,30H,8-14,17-19H2,1-7H3,(H,29,32). The zero-order valence-corrected chi connectivity index (χ0v) is 23.9. The number of carbonyl (C=O) groups is 1. The van der Waals surface area contributed by atoms with Crippen LogP contribution in [0.2, 0.25) is 0 Å². The normalized spacial score (nSPS) is 19.0. The molecule has 7 heteroatoms. The molecule has 0 radical (unpaired) electrons. The minimum absolute atomic E-state index is 0.0480. The Morgan fingerprint density at radius 3 is 2.03 bits per heavy atom. The first-order chi connectivity index (χ1) is 16.4. The molecule has 0 unspecified atom stereocenters. The van der Waals surface area contributed by atoms with E-state index in [1.165, 1.54) is 0 Å². The van der Waals surface area contributed by atoms with Crippen molar-refractivity contribution in [2.75, 3.05) is 32.7 Å². The summed E-state index contributed by atoms with van der Waals surface area (Å²) >= 11 is 0. The molecule has 35 heavy (non-hydrogen) atoms. The maximum Gasteiger partial charge on any atom is 0.241 e. The molecule has 6 nitrogen and oxygen atoms in total. The minimum atomic E-state index is -3.54. The molecule has 0 spiro atoms. The predicted molar refractivity (Wildman–Crippen MR) is 145 cm³/mol. The molecule has 1 aliphatic rings. The monoisotopic (exact) mass is 507 g/mol. The maximum atomic E-state index is 12.9. The first-order valence-electron chi connectivity index (χ1n) is 13.5. The van der Waals surface area contributed by atoms with Crippen LogP contribution in [0.25, 0.3) is 0 Å². The molecule has 0 aliphatic heterocycles. The van der Waals surface area contributed by atoms with Crippen molar-refractivity contribution >= 4 is 15.9 Å². The highest BCUT2D eigenvalue weighted by molar-refractivity contribution is 7.89. The Hall–Kier alpha value is -1.44. The van der Waals surface area contributed by atoms with Crippen molar-refractivity contribution in [2.45, 2.75) is 85.5 Å². The summed E-state index contributed by atoms with van der Waals surface area (Å²) in [6.45, 7) is 19.1. The van der Waals surface area contributed by atoms with E-state index in [1.807, 2.05) is 32.9 Å². The van der Waals surface area contributed by atoms with Gasteiger partial charge in [-0.2, -0.15) is 0 Å². The lowest BCUT2D eigenvalue weighted by atomic mass is 9.81. The van der Waals surface area contributed by atoms with E-state index >= 15 is 0 Å². The molecule has 1 aromatic rings. The van der Waals surface area contributed by atoms with Crippen molar-refractivity contribution in [3.05, 3.63) is 28.8 Å². The minimum Gasteiger partial charge on any atom is -0.356 e. The van der Waals surface area contributed by atoms with Crippen LogP contribution in [0.1, 0.15) is 76.5 Å². The molecule has 200 valence electrons. The van der Waals surface area contributed by atoms with Crippen LogP contribution < -0.4 is 10.0 Å². The summed E-state index contributed by atoms with van der Waals surface area (Å²) in [6, 6.07) is 3.83. The van der Waals surface area contributed by atoms with Gasteiger partial charge in [-0.3, -0.25) is 4.79 Å². The number of carbonyl (C=O) groups excluding carboxylic acids is 1. The first kappa shape index (κ1) is 29.8. The molecule has 0 bridgehead atoms. The average molecular weight is 508 g/mol. The molecule has 1 saturated carbocycles.